The first kappa shape index (κ1) is 8.50. The van der Waals surface area contributed by atoms with Gasteiger partial charge in [-0.25, -0.2) is 4.98 Å². The molecule has 2 rings (SSSR count). The molecule has 2 aromatic heterocycles. The van der Waals surface area contributed by atoms with Crippen LogP contribution >= 0.6 is 0 Å². The fourth-order valence-electron chi connectivity index (χ4n) is 1.27. The molecule has 0 spiro atoms. The highest BCUT2D eigenvalue weighted by molar-refractivity contribution is 5.68. The molecule has 4 heteroatoms. The number of rotatable bonds is 1. The monoisotopic (exact) mass is 186 g/mol. The Labute approximate surface area is 81.6 Å². The normalized spacial score (nSPS) is 10.0. The van der Waals surface area contributed by atoms with E-state index in [1.54, 1.807) is 24.5 Å². The van der Waals surface area contributed by atoms with Gasteiger partial charge in [0.2, 0.25) is 0 Å². The van der Waals surface area contributed by atoms with Crippen molar-refractivity contribution in [1.82, 2.24) is 9.97 Å². The molecule has 0 saturated carbocycles. The van der Waals surface area contributed by atoms with Crippen LogP contribution in [0.5, 0.6) is 0 Å². The van der Waals surface area contributed by atoms with Crippen molar-refractivity contribution in [2.24, 2.45) is 0 Å². The molecule has 2 heterocycles. The van der Waals surface area contributed by atoms with Gasteiger partial charge in [-0.05, 0) is 23.8 Å². The van der Waals surface area contributed by atoms with Gasteiger partial charge >= 0.3 is 0 Å². The lowest BCUT2D eigenvalue weighted by Gasteiger charge is -2.02. The van der Waals surface area contributed by atoms with E-state index in [0.29, 0.717) is 11.6 Å². The number of nitrogen functional groups attached to an aromatic ring is 2. The minimum absolute atomic E-state index is 0.420. The fraction of sp³-hybridized carbons (Fsp3) is 0. The van der Waals surface area contributed by atoms with Crippen molar-refractivity contribution in [3.63, 3.8) is 0 Å². The molecule has 70 valence electrons. The van der Waals surface area contributed by atoms with Gasteiger partial charge in [0, 0.05) is 18.0 Å². The first-order chi connectivity index (χ1) is 6.75. The van der Waals surface area contributed by atoms with Crippen molar-refractivity contribution in [1.29, 1.82) is 0 Å². The lowest BCUT2D eigenvalue weighted by Crippen LogP contribution is -1.96. The average Bonchev–Trinajstić information content (AvgIpc) is 2.18. The molecule has 0 atom stereocenters. The molecule has 0 amide bonds. The van der Waals surface area contributed by atoms with Crippen LogP contribution in [0, 0.1) is 0 Å². The number of pyridine rings is 2. The van der Waals surface area contributed by atoms with Crippen LogP contribution in [0.1, 0.15) is 0 Å². The Balaban J connectivity index is 2.52. The SMILES string of the molecule is Nc1cc(-c2cccnc2)cc(N)n1. The summed E-state index contributed by atoms with van der Waals surface area (Å²) in [7, 11) is 0. The Kier molecular flexibility index (Phi) is 2.02. The molecule has 4 nitrogen and oxygen atoms in total. The van der Waals surface area contributed by atoms with Crippen LogP contribution in [-0.2, 0) is 0 Å². The predicted octanol–water partition coefficient (Wildman–Crippen LogP) is 1.31. The number of nitrogens with zero attached hydrogens (tertiary/aromatic N) is 2. The van der Waals surface area contributed by atoms with E-state index in [1.165, 1.54) is 0 Å². The maximum Gasteiger partial charge on any atom is 0.126 e. The Bertz CT molecular complexity index is 419. The van der Waals surface area contributed by atoms with Crippen LogP contribution in [0.4, 0.5) is 11.6 Å². The first-order valence-corrected chi connectivity index (χ1v) is 4.19. The molecule has 0 unspecified atom stereocenters. The van der Waals surface area contributed by atoms with Crippen molar-refractivity contribution in [3.8, 4) is 11.1 Å². The second-order valence-corrected chi connectivity index (χ2v) is 2.95. The van der Waals surface area contributed by atoms with Crippen molar-refractivity contribution in [2.75, 3.05) is 11.5 Å². The molecular formula is C10H10N4. The summed E-state index contributed by atoms with van der Waals surface area (Å²) in [6.45, 7) is 0. The molecule has 0 aliphatic heterocycles. The Morgan fingerprint density at radius 2 is 1.71 bits per heavy atom. The summed E-state index contributed by atoms with van der Waals surface area (Å²) in [5.41, 5.74) is 13.1. The molecule has 2 aromatic rings. The van der Waals surface area contributed by atoms with Gasteiger partial charge in [-0.3, -0.25) is 4.98 Å². The highest BCUT2D eigenvalue weighted by atomic mass is 14.9. The lowest BCUT2D eigenvalue weighted by molar-refractivity contribution is 1.31. The summed E-state index contributed by atoms with van der Waals surface area (Å²) in [6, 6.07) is 7.35. The molecule has 14 heavy (non-hydrogen) atoms. The predicted molar refractivity (Wildman–Crippen MR) is 56.3 cm³/mol. The zero-order valence-corrected chi connectivity index (χ0v) is 7.51. The summed E-state index contributed by atoms with van der Waals surface area (Å²) in [4.78, 5) is 7.91. The van der Waals surface area contributed by atoms with E-state index in [-0.39, 0.29) is 0 Å². The van der Waals surface area contributed by atoms with Gasteiger partial charge in [-0.2, -0.15) is 0 Å². The molecule has 0 aliphatic carbocycles. The number of anilines is 2. The van der Waals surface area contributed by atoms with Gasteiger partial charge in [-0.1, -0.05) is 6.07 Å². The zero-order chi connectivity index (χ0) is 9.97. The minimum Gasteiger partial charge on any atom is -0.384 e. The average molecular weight is 186 g/mol. The largest absolute Gasteiger partial charge is 0.384 e. The smallest absolute Gasteiger partial charge is 0.126 e. The van der Waals surface area contributed by atoms with Crippen LogP contribution in [0.25, 0.3) is 11.1 Å². The van der Waals surface area contributed by atoms with Gasteiger partial charge in [0.15, 0.2) is 0 Å². The Morgan fingerprint density at radius 1 is 1.00 bits per heavy atom. The molecule has 4 N–H and O–H groups in total. The molecular weight excluding hydrogens is 176 g/mol. The van der Waals surface area contributed by atoms with Crippen LogP contribution in [0.2, 0.25) is 0 Å². The Hall–Kier alpha value is -2.10. The zero-order valence-electron chi connectivity index (χ0n) is 7.51. The lowest BCUT2D eigenvalue weighted by atomic mass is 10.1. The summed E-state index contributed by atoms with van der Waals surface area (Å²) in [5.74, 6) is 0.840. The standard InChI is InChI=1S/C10H10N4/c11-9-4-8(5-10(12)14-9)7-2-1-3-13-6-7/h1-6H,(H4,11,12,14). The number of nitrogens with two attached hydrogens (primary N) is 2. The number of hydrogen-bond acceptors (Lipinski definition) is 4. The van der Waals surface area contributed by atoms with Gasteiger partial charge in [-0.15, -0.1) is 0 Å². The maximum absolute atomic E-state index is 5.59. The minimum atomic E-state index is 0.420. The molecule has 0 bridgehead atoms. The summed E-state index contributed by atoms with van der Waals surface area (Å²) < 4.78 is 0. The third-order valence-electron chi connectivity index (χ3n) is 1.86. The second kappa shape index (κ2) is 3.33. The number of hydrogen-bond donors (Lipinski definition) is 2. The van der Waals surface area contributed by atoms with Gasteiger partial charge < -0.3 is 11.5 Å². The highest BCUT2D eigenvalue weighted by Gasteiger charge is 2.00. The third-order valence-corrected chi connectivity index (χ3v) is 1.86. The van der Waals surface area contributed by atoms with E-state index in [9.17, 15) is 0 Å². The van der Waals surface area contributed by atoms with E-state index in [1.807, 2.05) is 12.1 Å². The van der Waals surface area contributed by atoms with Crippen LogP contribution in [0.15, 0.2) is 36.7 Å². The summed E-state index contributed by atoms with van der Waals surface area (Å²) in [6.07, 6.45) is 3.48. The van der Waals surface area contributed by atoms with Crippen molar-refractivity contribution >= 4 is 11.6 Å². The summed E-state index contributed by atoms with van der Waals surface area (Å²) >= 11 is 0. The van der Waals surface area contributed by atoms with E-state index in [0.717, 1.165) is 11.1 Å². The van der Waals surface area contributed by atoms with E-state index in [2.05, 4.69) is 9.97 Å². The number of aromatic nitrogens is 2. The van der Waals surface area contributed by atoms with E-state index < -0.39 is 0 Å². The van der Waals surface area contributed by atoms with Crippen LogP contribution < -0.4 is 11.5 Å². The fourth-order valence-corrected chi connectivity index (χ4v) is 1.27. The van der Waals surface area contributed by atoms with Crippen molar-refractivity contribution in [3.05, 3.63) is 36.7 Å². The maximum atomic E-state index is 5.59. The first-order valence-electron chi connectivity index (χ1n) is 4.19. The van der Waals surface area contributed by atoms with E-state index in [4.69, 9.17) is 11.5 Å². The van der Waals surface area contributed by atoms with Crippen LogP contribution in [0.3, 0.4) is 0 Å². The molecule has 0 fully saturated rings. The van der Waals surface area contributed by atoms with Crippen molar-refractivity contribution in [2.45, 2.75) is 0 Å². The second-order valence-electron chi connectivity index (χ2n) is 2.95. The molecule has 0 aromatic carbocycles. The van der Waals surface area contributed by atoms with Gasteiger partial charge in [0.05, 0.1) is 0 Å². The topological polar surface area (TPSA) is 77.8 Å². The highest BCUT2D eigenvalue weighted by Crippen LogP contribution is 2.21. The molecule has 0 aliphatic rings. The molecule has 0 radical (unpaired) electrons. The Morgan fingerprint density at radius 3 is 2.29 bits per heavy atom. The third kappa shape index (κ3) is 1.64. The molecule has 0 saturated heterocycles. The van der Waals surface area contributed by atoms with Gasteiger partial charge in [0.25, 0.3) is 0 Å². The van der Waals surface area contributed by atoms with Gasteiger partial charge in [0.1, 0.15) is 11.6 Å². The van der Waals surface area contributed by atoms with Crippen LogP contribution in [-0.4, -0.2) is 9.97 Å². The van der Waals surface area contributed by atoms with Crippen molar-refractivity contribution < 1.29 is 0 Å². The summed E-state index contributed by atoms with van der Waals surface area (Å²) in [5, 5.41) is 0. The quantitative estimate of drug-likeness (QED) is 0.703. The van der Waals surface area contributed by atoms with E-state index >= 15 is 0 Å².